The summed E-state index contributed by atoms with van der Waals surface area (Å²) in [6.45, 7) is 2.19. The van der Waals surface area contributed by atoms with Gasteiger partial charge in [-0.05, 0) is 48.4 Å². The molecule has 29 heavy (non-hydrogen) atoms. The van der Waals surface area contributed by atoms with Crippen LogP contribution in [0.15, 0.2) is 24.3 Å². The lowest BCUT2D eigenvalue weighted by Gasteiger charge is -2.43. The van der Waals surface area contributed by atoms with Crippen LogP contribution in [0, 0.1) is 0 Å². The highest BCUT2D eigenvalue weighted by atomic mass is 16.7. The van der Waals surface area contributed by atoms with E-state index in [1.165, 1.54) is 14.0 Å². The monoisotopic (exact) mass is 395 g/mol. The Balaban J connectivity index is 1.71. The van der Waals surface area contributed by atoms with E-state index >= 15 is 0 Å². The maximum absolute atomic E-state index is 13.9. The molecule has 0 radical (unpaired) electrons. The Kier molecular flexibility index (Phi) is 3.86. The van der Waals surface area contributed by atoms with E-state index in [0.29, 0.717) is 35.0 Å². The van der Waals surface area contributed by atoms with Crippen molar-refractivity contribution in [1.29, 1.82) is 0 Å². The summed E-state index contributed by atoms with van der Waals surface area (Å²) in [7, 11) is 3.50. The van der Waals surface area contributed by atoms with Crippen molar-refractivity contribution in [3.05, 3.63) is 46.5 Å². The average Bonchev–Trinajstić information content (AvgIpc) is 3.28. The second-order valence-electron chi connectivity index (χ2n) is 7.63. The van der Waals surface area contributed by atoms with E-state index in [1.807, 2.05) is 25.2 Å². The number of nitrogens with zero attached hydrogens (tertiary/aromatic N) is 1. The first kappa shape index (κ1) is 18.0. The number of Topliss-reactive ketones (excluding diaryl/α,β-unsaturated/α-hetero) is 1. The molecule has 5 rings (SSSR count). The maximum Gasteiger partial charge on any atom is 0.308 e. The Morgan fingerprint density at radius 1 is 1.17 bits per heavy atom. The normalized spacial score (nSPS) is 21.8. The zero-order chi connectivity index (χ0) is 20.3. The van der Waals surface area contributed by atoms with E-state index in [4.69, 9.17) is 18.9 Å². The lowest BCUT2D eigenvalue weighted by molar-refractivity contribution is -0.132. The molecule has 0 amide bonds. The second-order valence-corrected chi connectivity index (χ2v) is 7.63. The summed E-state index contributed by atoms with van der Waals surface area (Å²) < 4.78 is 21.9. The highest BCUT2D eigenvalue weighted by molar-refractivity contribution is 6.11. The SMILES string of the molecule is COc1cc2c(cc1OC(C)=O)[C@]1(Cc3ccc4c(c3C1=O)OCO4)N(C)CC2. The fourth-order valence-corrected chi connectivity index (χ4v) is 4.77. The Hall–Kier alpha value is -3.06. The number of ether oxygens (including phenoxy) is 4. The summed E-state index contributed by atoms with van der Waals surface area (Å²) in [6, 6.07) is 7.46. The van der Waals surface area contributed by atoms with Gasteiger partial charge in [0, 0.05) is 19.9 Å². The minimum Gasteiger partial charge on any atom is -0.493 e. The van der Waals surface area contributed by atoms with Crippen molar-refractivity contribution in [2.45, 2.75) is 25.3 Å². The van der Waals surface area contributed by atoms with Crippen molar-refractivity contribution < 1.29 is 28.5 Å². The predicted molar refractivity (Wildman–Crippen MR) is 103 cm³/mol. The van der Waals surface area contributed by atoms with Gasteiger partial charge in [-0.2, -0.15) is 0 Å². The number of esters is 1. The molecule has 1 spiro atoms. The average molecular weight is 395 g/mol. The smallest absolute Gasteiger partial charge is 0.308 e. The number of hydrogen-bond acceptors (Lipinski definition) is 7. The molecule has 1 aliphatic carbocycles. The molecule has 0 saturated carbocycles. The van der Waals surface area contributed by atoms with Crippen LogP contribution in [0.4, 0.5) is 0 Å². The molecule has 2 aliphatic heterocycles. The number of benzene rings is 2. The van der Waals surface area contributed by atoms with E-state index in [0.717, 1.165) is 29.7 Å². The lowest BCUT2D eigenvalue weighted by atomic mass is 9.77. The molecule has 1 atom stereocenters. The van der Waals surface area contributed by atoms with E-state index in [-0.39, 0.29) is 12.6 Å². The van der Waals surface area contributed by atoms with Crippen molar-refractivity contribution in [1.82, 2.24) is 4.90 Å². The number of hydrogen-bond donors (Lipinski definition) is 0. The predicted octanol–water partition coefficient (Wildman–Crippen LogP) is 2.47. The first-order valence-corrected chi connectivity index (χ1v) is 9.53. The highest BCUT2D eigenvalue weighted by Crippen LogP contribution is 2.52. The highest BCUT2D eigenvalue weighted by Gasteiger charge is 2.54. The fraction of sp³-hybridized carbons (Fsp3) is 0.364. The van der Waals surface area contributed by atoms with Gasteiger partial charge in [0.05, 0.1) is 12.7 Å². The van der Waals surface area contributed by atoms with Crippen LogP contribution in [-0.4, -0.2) is 44.1 Å². The number of rotatable bonds is 2. The molecule has 3 aliphatic rings. The molecular formula is C22H21NO6. The van der Waals surface area contributed by atoms with Gasteiger partial charge in [-0.3, -0.25) is 14.5 Å². The zero-order valence-corrected chi connectivity index (χ0v) is 16.5. The molecule has 0 fully saturated rings. The summed E-state index contributed by atoms with van der Waals surface area (Å²) in [5.74, 6) is 1.48. The van der Waals surface area contributed by atoms with E-state index in [2.05, 4.69) is 4.90 Å². The van der Waals surface area contributed by atoms with Crippen LogP contribution in [0.25, 0.3) is 0 Å². The van der Waals surface area contributed by atoms with Crippen molar-refractivity contribution >= 4 is 11.8 Å². The molecule has 2 heterocycles. The first-order chi connectivity index (χ1) is 14.0. The summed E-state index contributed by atoms with van der Waals surface area (Å²) >= 11 is 0. The molecule has 150 valence electrons. The number of likely N-dealkylation sites (N-methyl/N-ethyl adjacent to an activating group) is 1. The van der Waals surface area contributed by atoms with Crippen molar-refractivity contribution in [2.24, 2.45) is 0 Å². The number of ketones is 1. The molecule has 2 aromatic carbocycles. The van der Waals surface area contributed by atoms with Crippen LogP contribution in [0.5, 0.6) is 23.0 Å². The summed E-state index contributed by atoms with van der Waals surface area (Å²) in [6.07, 6.45) is 1.29. The quantitative estimate of drug-likeness (QED) is 0.571. The van der Waals surface area contributed by atoms with Crippen LogP contribution >= 0.6 is 0 Å². The molecule has 0 saturated heterocycles. The molecular weight excluding hydrogens is 374 g/mol. The largest absolute Gasteiger partial charge is 0.493 e. The van der Waals surface area contributed by atoms with E-state index < -0.39 is 11.5 Å². The Bertz CT molecular complexity index is 1060. The molecule has 7 heteroatoms. The van der Waals surface area contributed by atoms with Crippen molar-refractivity contribution in [3.63, 3.8) is 0 Å². The molecule has 0 aromatic heterocycles. The molecule has 7 nitrogen and oxygen atoms in total. The fourth-order valence-electron chi connectivity index (χ4n) is 4.77. The van der Waals surface area contributed by atoms with Gasteiger partial charge in [-0.15, -0.1) is 0 Å². The van der Waals surface area contributed by atoms with Crippen LogP contribution < -0.4 is 18.9 Å². The zero-order valence-electron chi connectivity index (χ0n) is 16.5. The number of carbonyl (C=O) groups excluding carboxylic acids is 2. The summed E-state index contributed by atoms with van der Waals surface area (Å²) in [5.41, 5.74) is 2.51. The van der Waals surface area contributed by atoms with Gasteiger partial charge in [-0.25, -0.2) is 0 Å². The van der Waals surface area contributed by atoms with Gasteiger partial charge in [0.1, 0.15) is 5.54 Å². The van der Waals surface area contributed by atoms with Gasteiger partial charge in [0.15, 0.2) is 28.8 Å². The van der Waals surface area contributed by atoms with Gasteiger partial charge in [-0.1, -0.05) is 6.07 Å². The minimum absolute atomic E-state index is 0.0164. The van der Waals surface area contributed by atoms with Crippen molar-refractivity contribution in [2.75, 3.05) is 27.5 Å². The van der Waals surface area contributed by atoms with E-state index in [1.54, 1.807) is 6.07 Å². The number of methoxy groups -OCH3 is 1. The van der Waals surface area contributed by atoms with Crippen LogP contribution in [0.1, 0.15) is 34.0 Å². The minimum atomic E-state index is -0.877. The van der Waals surface area contributed by atoms with Gasteiger partial charge in [0.2, 0.25) is 6.79 Å². The van der Waals surface area contributed by atoms with Crippen LogP contribution in [-0.2, 0) is 23.2 Å². The lowest BCUT2D eigenvalue weighted by Crippen LogP contribution is -2.52. The number of carbonyl (C=O) groups is 2. The van der Waals surface area contributed by atoms with Gasteiger partial charge in [0.25, 0.3) is 0 Å². The second kappa shape index (κ2) is 6.22. The molecule has 2 aromatic rings. The van der Waals surface area contributed by atoms with Crippen LogP contribution in [0.3, 0.4) is 0 Å². The molecule has 0 N–H and O–H groups in total. The maximum atomic E-state index is 13.9. The molecule has 0 unspecified atom stereocenters. The van der Waals surface area contributed by atoms with Crippen LogP contribution in [0.2, 0.25) is 0 Å². The van der Waals surface area contributed by atoms with Gasteiger partial charge >= 0.3 is 5.97 Å². The standard InChI is InChI=1S/C22H21NO6/c1-12(24)29-18-9-15-13(8-17(18)26-3)6-7-23(2)22(15)10-14-4-5-16-20(28-11-27-16)19(14)21(22)25/h4-5,8-9H,6-7,10-11H2,1-3H3/t22-/m0/s1. The van der Waals surface area contributed by atoms with Crippen molar-refractivity contribution in [3.8, 4) is 23.0 Å². The third-order valence-corrected chi connectivity index (χ3v) is 6.13. The third-order valence-electron chi connectivity index (χ3n) is 6.13. The summed E-state index contributed by atoms with van der Waals surface area (Å²) in [4.78, 5) is 27.6. The molecule has 0 bridgehead atoms. The van der Waals surface area contributed by atoms with E-state index in [9.17, 15) is 9.59 Å². The Labute approximate surface area is 168 Å². The Morgan fingerprint density at radius 2 is 2.00 bits per heavy atom. The number of fused-ring (bicyclic) bond motifs is 5. The summed E-state index contributed by atoms with van der Waals surface area (Å²) in [5, 5.41) is 0. The third kappa shape index (κ3) is 2.40. The first-order valence-electron chi connectivity index (χ1n) is 9.53. The van der Waals surface area contributed by atoms with Gasteiger partial charge < -0.3 is 18.9 Å². The Morgan fingerprint density at radius 3 is 2.76 bits per heavy atom. The topological polar surface area (TPSA) is 74.3 Å².